The predicted molar refractivity (Wildman–Crippen MR) is 89.8 cm³/mol. The first-order valence-corrected chi connectivity index (χ1v) is 7.59. The zero-order chi connectivity index (χ0) is 16.7. The van der Waals surface area contributed by atoms with Gasteiger partial charge in [-0.1, -0.05) is 18.2 Å². The summed E-state index contributed by atoms with van der Waals surface area (Å²) in [7, 11) is 0. The smallest absolute Gasteiger partial charge is 0.217 e. The molecule has 0 bridgehead atoms. The SMILES string of the molecule is CC(=O)NC(c1ccco1)c1c(O)ccc2oc3ccccc3c12. The lowest BCUT2D eigenvalue weighted by Gasteiger charge is -2.18. The molecule has 0 saturated heterocycles. The molecule has 0 saturated carbocycles. The maximum absolute atomic E-state index is 11.7. The van der Waals surface area contributed by atoms with Crippen molar-refractivity contribution in [2.45, 2.75) is 13.0 Å². The van der Waals surface area contributed by atoms with Gasteiger partial charge in [0.2, 0.25) is 5.91 Å². The van der Waals surface area contributed by atoms with Crippen LogP contribution in [0.1, 0.15) is 24.3 Å². The Morgan fingerprint density at radius 1 is 1.08 bits per heavy atom. The molecule has 1 unspecified atom stereocenters. The molecule has 5 nitrogen and oxygen atoms in total. The van der Waals surface area contributed by atoms with Crippen LogP contribution in [0, 0.1) is 0 Å². The Balaban J connectivity index is 2.06. The van der Waals surface area contributed by atoms with E-state index in [1.165, 1.54) is 13.2 Å². The van der Waals surface area contributed by atoms with Crippen LogP contribution in [0.3, 0.4) is 0 Å². The fraction of sp³-hybridized carbons (Fsp3) is 0.105. The largest absolute Gasteiger partial charge is 0.508 e. The summed E-state index contributed by atoms with van der Waals surface area (Å²) in [5, 5.41) is 15.0. The van der Waals surface area contributed by atoms with Crippen LogP contribution in [-0.2, 0) is 4.79 Å². The van der Waals surface area contributed by atoms with Crippen LogP contribution in [0.4, 0.5) is 0 Å². The van der Waals surface area contributed by atoms with E-state index in [9.17, 15) is 9.90 Å². The Bertz CT molecular complexity index is 1030. The number of nitrogens with one attached hydrogen (secondary N) is 1. The molecule has 2 aromatic carbocycles. The number of phenols is 1. The van der Waals surface area contributed by atoms with E-state index < -0.39 is 6.04 Å². The zero-order valence-corrected chi connectivity index (χ0v) is 12.9. The lowest BCUT2D eigenvalue weighted by atomic mass is 9.97. The number of hydrogen-bond donors (Lipinski definition) is 2. The van der Waals surface area contributed by atoms with E-state index in [2.05, 4.69) is 5.32 Å². The van der Waals surface area contributed by atoms with Gasteiger partial charge in [-0.25, -0.2) is 0 Å². The van der Waals surface area contributed by atoms with Crippen molar-refractivity contribution in [3.63, 3.8) is 0 Å². The van der Waals surface area contributed by atoms with Gasteiger partial charge in [0.1, 0.15) is 28.7 Å². The number of furan rings is 2. The lowest BCUT2D eigenvalue weighted by Crippen LogP contribution is -2.26. The molecule has 0 aliphatic carbocycles. The third kappa shape index (κ3) is 2.22. The van der Waals surface area contributed by atoms with Crippen molar-refractivity contribution in [1.82, 2.24) is 5.32 Å². The minimum atomic E-state index is -0.609. The maximum atomic E-state index is 11.7. The number of fused-ring (bicyclic) bond motifs is 3. The Morgan fingerprint density at radius 2 is 1.92 bits per heavy atom. The lowest BCUT2D eigenvalue weighted by molar-refractivity contribution is -0.119. The highest BCUT2D eigenvalue weighted by atomic mass is 16.3. The summed E-state index contributed by atoms with van der Waals surface area (Å²) in [6.45, 7) is 1.43. The van der Waals surface area contributed by atoms with Crippen LogP contribution in [0.5, 0.6) is 5.75 Å². The molecular weight excluding hydrogens is 306 g/mol. The third-order valence-electron chi connectivity index (χ3n) is 4.02. The second kappa shape index (κ2) is 5.45. The second-order valence-electron chi connectivity index (χ2n) is 5.62. The molecule has 4 aromatic rings. The first-order chi connectivity index (χ1) is 11.6. The van der Waals surface area contributed by atoms with E-state index in [1.54, 1.807) is 24.3 Å². The molecule has 0 aliphatic rings. The number of carbonyl (C=O) groups excluding carboxylic acids is 1. The van der Waals surface area contributed by atoms with E-state index in [1.807, 2.05) is 24.3 Å². The van der Waals surface area contributed by atoms with Crippen molar-refractivity contribution in [1.29, 1.82) is 0 Å². The number of phenolic OH excluding ortho intramolecular Hbond substituents is 1. The van der Waals surface area contributed by atoms with Gasteiger partial charge in [0, 0.05) is 23.3 Å². The highest BCUT2D eigenvalue weighted by molar-refractivity contribution is 6.08. The van der Waals surface area contributed by atoms with E-state index in [4.69, 9.17) is 8.83 Å². The van der Waals surface area contributed by atoms with Crippen molar-refractivity contribution in [3.05, 3.63) is 66.1 Å². The molecule has 2 heterocycles. The predicted octanol–water partition coefficient (Wildman–Crippen LogP) is 4.11. The highest BCUT2D eigenvalue weighted by Gasteiger charge is 2.26. The third-order valence-corrected chi connectivity index (χ3v) is 4.02. The maximum Gasteiger partial charge on any atom is 0.217 e. The monoisotopic (exact) mass is 321 g/mol. The zero-order valence-electron chi connectivity index (χ0n) is 12.9. The molecule has 1 amide bonds. The molecule has 2 N–H and O–H groups in total. The van der Waals surface area contributed by atoms with Gasteiger partial charge < -0.3 is 19.3 Å². The number of hydrogen-bond acceptors (Lipinski definition) is 4. The standard InChI is InChI=1S/C19H15NO4/c1-11(21)20-19(16-7-4-10-23-16)18-13(22)8-9-15-17(18)12-5-2-3-6-14(12)24-15/h2-10,19,22H,1H3,(H,20,21). The average molecular weight is 321 g/mol. The number of amides is 1. The number of carbonyl (C=O) groups is 1. The van der Waals surface area contributed by atoms with Gasteiger partial charge in [0.15, 0.2) is 0 Å². The normalized spacial score (nSPS) is 12.5. The van der Waals surface area contributed by atoms with Crippen molar-refractivity contribution in [3.8, 4) is 5.75 Å². The summed E-state index contributed by atoms with van der Waals surface area (Å²) < 4.78 is 11.4. The summed E-state index contributed by atoms with van der Waals surface area (Å²) >= 11 is 0. The molecule has 5 heteroatoms. The Kier molecular flexibility index (Phi) is 3.27. The van der Waals surface area contributed by atoms with Crippen molar-refractivity contribution >= 4 is 27.8 Å². The molecule has 0 aliphatic heterocycles. The summed E-state index contributed by atoms with van der Waals surface area (Å²) in [6, 6.07) is 13.8. The molecule has 0 spiro atoms. The number of rotatable bonds is 3. The second-order valence-corrected chi connectivity index (χ2v) is 5.62. The average Bonchev–Trinajstić information content (AvgIpc) is 3.20. The Morgan fingerprint density at radius 3 is 2.67 bits per heavy atom. The van der Waals surface area contributed by atoms with Crippen LogP contribution in [0.25, 0.3) is 21.9 Å². The summed E-state index contributed by atoms with van der Waals surface area (Å²) in [6.07, 6.45) is 1.54. The topological polar surface area (TPSA) is 75.6 Å². The molecule has 4 rings (SSSR count). The van der Waals surface area contributed by atoms with Gasteiger partial charge in [-0.05, 0) is 30.3 Å². The van der Waals surface area contributed by atoms with Crippen LogP contribution < -0.4 is 5.32 Å². The van der Waals surface area contributed by atoms with Crippen LogP contribution in [-0.4, -0.2) is 11.0 Å². The number of aromatic hydroxyl groups is 1. The van der Waals surface area contributed by atoms with Crippen LogP contribution >= 0.6 is 0 Å². The molecule has 0 radical (unpaired) electrons. The molecule has 0 fully saturated rings. The van der Waals surface area contributed by atoms with Gasteiger partial charge >= 0.3 is 0 Å². The first kappa shape index (κ1) is 14.4. The summed E-state index contributed by atoms with van der Waals surface area (Å²) in [5.74, 6) is 0.392. The quantitative estimate of drug-likeness (QED) is 0.595. The van der Waals surface area contributed by atoms with Gasteiger partial charge in [0.05, 0.1) is 6.26 Å². The van der Waals surface area contributed by atoms with E-state index in [0.717, 1.165) is 16.4 Å². The van der Waals surface area contributed by atoms with Gasteiger partial charge in [0.25, 0.3) is 0 Å². The minimum Gasteiger partial charge on any atom is -0.508 e. The van der Waals surface area contributed by atoms with E-state index in [-0.39, 0.29) is 11.7 Å². The molecule has 2 aromatic heterocycles. The highest BCUT2D eigenvalue weighted by Crippen LogP contribution is 2.40. The van der Waals surface area contributed by atoms with Crippen LogP contribution in [0.15, 0.2) is 63.6 Å². The first-order valence-electron chi connectivity index (χ1n) is 7.59. The van der Waals surface area contributed by atoms with Crippen molar-refractivity contribution < 1.29 is 18.7 Å². The van der Waals surface area contributed by atoms with Crippen LogP contribution in [0.2, 0.25) is 0 Å². The van der Waals surface area contributed by atoms with E-state index >= 15 is 0 Å². The van der Waals surface area contributed by atoms with Gasteiger partial charge in [-0.2, -0.15) is 0 Å². The molecule has 24 heavy (non-hydrogen) atoms. The van der Waals surface area contributed by atoms with Gasteiger partial charge in [-0.15, -0.1) is 0 Å². The Hall–Kier alpha value is -3.21. The Labute approximate surface area is 137 Å². The summed E-state index contributed by atoms with van der Waals surface area (Å²) in [5.41, 5.74) is 1.92. The summed E-state index contributed by atoms with van der Waals surface area (Å²) in [4.78, 5) is 11.7. The number of para-hydroxylation sites is 1. The minimum absolute atomic E-state index is 0.0733. The van der Waals surface area contributed by atoms with Crippen molar-refractivity contribution in [2.75, 3.05) is 0 Å². The fourth-order valence-electron chi connectivity index (χ4n) is 3.07. The van der Waals surface area contributed by atoms with E-state index in [0.29, 0.717) is 16.9 Å². The van der Waals surface area contributed by atoms with Gasteiger partial charge in [-0.3, -0.25) is 4.79 Å². The van der Waals surface area contributed by atoms with Crippen molar-refractivity contribution in [2.24, 2.45) is 0 Å². The molecular formula is C19H15NO4. The fourth-order valence-corrected chi connectivity index (χ4v) is 3.07. The number of benzene rings is 2. The molecule has 120 valence electrons. The molecule has 1 atom stereocenters.